The lowest BCUT2D eigenvalue weighted by Crippen LogP contribution is -2.54. The first kappa shape index (κ1) is 35.0. The zero-order valence-corrected chi connectivity index (χ0v) is 26.2. The Bertz CT molecular complexity index is 1270. The van der Waals surface area contributed by atoms with Gasteiger partial charge >= 0.3 is 12.1 Å². The normalized spacial score (nSPS) is 13.6. The van der Waals surface area contributed by atoms with Crippen molar-refractivity contribution in [3.8, 4) is 0 Å². The smallest absolute Gasteiger partial charge is 0.408 e. The van der Waals surface area contributed by atoms with Gasteiger partial charge in [0.1, 0.15) is 29.3 Å². The first-order chi connectivity index (χ1) is 20.0. The maximum Gasteiger partial charge on any atom is 0.408 e. The van der Waals surface area contributed by atoms with Crippen LogP contribution in [0.1, 0.15) is 71.2 Å². The molecule has 43 heavy (non-hydrogen) atoms. The molecule has 3 unspecified atom stereocenters. The minimum absolute atomic E-state index is 0.144. The molecule has 0 saturated carbocycles. The molecule has 0 aromatic heterocycles. The van der Waals surface area contributed by atoms with Gasteiger partial charge in [0.2, 0.25) is 11.8 Å². The zero-order chi connectivity index (χ0) is 32.4. The van der Waals surface area contributed by atoms with Gasteiger partial charge in [-0.05, 0) is 71.2 Å². The maximum absolute atomic E-state index is 14.1. The van der Waals surface area contributed by atoms with Gasteiger partial charge in [-0.15, -0.1) is 0 Å². The van der Waals surface area contributed by atoms with Crippen molar-refractivity contribution >= 4 is 30.0 Å². The van der Waals surface area contributed by atoms with Crippen LogP contribution < -0.4 is 10.6 Å². The Hall–Kier alpha value is -4.18. The summed E-state index contributed by atoms with van der Waals surface area (Å²) in [4.78, 5) is 54.8. The molecule has 234 valence electrons. The molecular formula is C33H45N3O7. The molecule has 10 nitrogen and oxygen atoms in total. The number of aliphatic hydroxyl groups excluding tert-OH is 1. The molecule has 0 aliphatic heterocycles. The second kappa shape index (κ2) is 15.3. The Morgan fingerprint density at radius 3 is 2.12 bits per heavy atom. The van der Waals surface area contributed by atoms with E-state index in [0.717, 1.165) is 5.56 Å². The summed E-state index contributed by atoms with van der Waals surface area (Å²) >= 11 is 0. The standard InChI is InChI=1S/C33H45N3O7/c1-9-23-16-13-17-25(20-23)27(36(18-19-37)29(39)22(2)34-31(41)43-33(6,7)8)28(38)35-26(30(40)42-32(3,4)5)21-24-14-11-10-12-15-24/h9-17,20,22,26-27,37H,1,18-19,21H2,2-8H3,(H,34,41)(H,35,38). The number of nitrogens with one attached hydrogen (secondary N) is 2. The lowest BCUT2D eigenvalue weighted by molar-refractivity contribution is -0.159. The SMILES string of the molecule is C=Cc1cccc(C(C(=O)NC(Cc2ccccc2)C(=O)OC(C)(C)C)N(CCO)C(=O)C(C)NC(=O)OC(C)(C)C)c1. The number of amides is 3. The Kier molecular flexibility index (Phi) is 12.5. The van der Waals surface area contributed by atoms with E-state index in [-0.39, 0.29) is 13.0 Å². The van der Waals surface area contributed by atoms with E-state index in [0.29, 0.717) is 11.1 Å². The van der Waals surface area contributed by atoms with Gasteiger partial charge in [0.05, 0.1) is 6.61 Å². The van der Waals surface area contributed by atoms with E-state index in [1.54, 1.807) is 71.9 Å². The van der Waals surface area contributed by atoms with Gasteiger partial charge in [-0.3, -0.25) is 9.59 Å². The fourth-order valence-corrected chi connectivity index (χ4v) is 4.26. The first-order valence-electron chi connectivity index (χ1n) is 14.2. The number of aliphatic hydroxyl groups is 1. The number of ether oxygens (including phenoxy) is 2. The van der Waals surface area contributed by atoms with Crippen LogP contribution >= 0.6 is 0 Å². The number of alkyl carbamates (subject to hydrolysis) is 1. The second-order valence-electron chi connectivity index (χ2n) is 12.2. The molecule has 0 heterocycles. The fraction of sp³-hybridized carbons (Fsp3) is 0.455. The number of hydrogen-bond donors (Lipinski definition) is 3. The summed E-state index contributed by atoms with van der Waals surface area (Å²) < 4.78 is 10.9. The number of nitrogens with zero attached hydrogens (tertiary/aromatic N) is 1. The molecule has 0 radical (unpaired) electrons. The van der Waals surface area contributed by atoms with Crippen LogP contribution in [0.4, 0.5) is 4.79 Å². The first-order valence-corrected chi connectivity index (χ1v) is 14.2. The molecule has 0 fully saturated rings. The van der Waals surface area contributed by atoms with Gasteiger partial charge < -0.3 is 30.1 Å². The van der Waals surface area contributed by atoms with Gasteiger partial charge in [-0.25, -0.2) is 9.59 Å². The molecule has 0 bridgehead atoms. The van der Waals surface area contributed by atoms with Crippen molar-refractivity contribution in [3.63, 3.8) is 0 Å². The van der Waals surface area contributed by atoms with Gasteiger partial charge in [-0.2, -0.15) is 0 Å². The van der Waals surface area contributed by atoms with Crippen molar-refractivity contribution < 1.29 is 33.8 Å². The molecule has 3 atom stereocenters. The largest absolute Gasteiger partial charge is 0.458 e. The average molecular weight is 596 g/mol. The predicted octanol–water partition coefficient (Wildman–Crippen LogP) is 4.17. The van der Waals surface area contributed by atoms with Crippen LogP contribution in [0.5, 0.6) is 0 Å². The minimum Gasteiger partial charge on any atom is -0.458 e. The summed E-state index contributed by atoms with van der Waals surface area (Å²) in [5, 5.41) is 15.3. The van der Waals surface area contributed by atoms with Gasteiger partial charge in [-0.1, -0.05) is 61.2 Å². The van der Waals surface area contributed by atoms with E-state index in [9.17, 15) is 24.3 Å². The number of esters is 1. The van der Waals surface area contributed by atoms with Crippen LogP contribution in [-0.4, -0.2) is 70.3 Å². The molecule has 0 aliphatic carbocycles. The summed E-state index contributed by atoms with van der Waals surface area (Å²) in [5.74, 6) is -1.94. The van der Waals surface area contributed by atoms with Crippen LogP contribution in [0.3, 0.4) is 0 Å². The summed E-state index contributed by atoms with van der Waals surface area (Å²) in [7, 11) is 0. The van der Waals surface area contributed by atoms with Crippen LogP contribution in [0.25, 0.3) is 6.08 Å². The maximum atomic E-state index is 14.1. The summed E-state index contributed by atoms with van der Waals surface area (Å²) in [6.45, 7) is 14.8. The van der Waals surface area contributed by atoms with Crippen LogP contribution in [0.15, 0.2) is 61.2 Å². The molecule has 3 amide bonds. The molecule has 2 rings (SSSR count). The summed E-state index contributed by atoms with van der Waals surface area (Å²) in [6.07, 6.45) is 0.938. The number of carbonyl (C=O) groups is 4. The Labute approximate surface area is 254 Å². The summed E-state index contributed by atoms with van der Waals surface area (Å²) in [6, 6.07) is 12.6. The molecule has 2 aromatic rings. The van der Waals surface area contributed by atoms with Crippen LogP contribution in [0.2, 0.25) is 0 Å². The van der Waals surface area contributed by atoms with Crippen molar-refractivity contribution in [2.45, 2.75) is 84.2 Å². The number of carbonyl (C=O) groups excluding carboxylic acids is 4. The van der Waals surface area contributed by atoms with Crippen molar-refractivity contribution in [3.05, 3.63) is 77.9 Å². The second-order valence-corrected chi connectivity index (χ2v) is 12.2. The van der Waals surface area contributed by atoms with Crippen molar-refractivity contribution in [2.24, 2.45) is 0 Å². The Morgan fingerprint density at radius 2 is 1.56 bits per heavy atom. The number of hydrogen-bond acceptors (Lipinski definition) is 7. The quantitative estimate of drug-likeness (QED) is 0.314. The van der Waals surface area contributed by atoms with E-state index < -0.39 is 59.8 Å². The number of benzene rings is 2. The minimum atomic E-state index is -1.27. The van der Waals surface area contributed by atoms with Crippen molar-refractivity contribution in [1.29, 1.82) is 0 Å². The summed E-state index contributed by atoms with van der Waals surface area (Å²) in [5.41, 5.74) is 0.308. The average Bonchev–Trinajstić information content (AvgIpc) is 2.90. The molecule has 2 aromatic carbocycles. The highest BCUT2D eigenvalue weighted by molar-refractivity contribution is 5.94. The molecule has 0 saturated heterocycles. The van der Waals surface area contributed by atoms with Gasteiger partial charge in [0, 0.05) is 13.0 Å². The molecule has 3 N–H and O–H groups in total. The number of rotatable bonds is 12. The van der Waals surface area contributed by atoms with E-state index in [2.05, 4.69) is 17.2 Å². The van der Waals surface area contributed by atoms with E-state index in [1.165, 1.54) is 11.8 Å². The Morgan fingerprint density at radius 1 is 0.930 bits per heavy atom. The topological polar surface area (TPSA) is 134 Å². The van der Waals surface area contributed by atoms with E-state index >= 15 is 0 Å². The zero-order valence-electron chi connectivity index (χ0n) is 26.2. The molecular weight excluding hydrogens is 550 g/mol. The third-order valence-electron chi connectivity index (χ3n) is 6.04. The third-order valence-corrected chi connectivity index (χ3v) is 6.04. The van der Waals surface area contributed by atoms with E-state index in [4.69, 9.17) is 9.47 Å². The lowest BCUT2D eigenvalue weighted by atomic mass is 9.99. The van der Waals surface area contributed by atoms with Gasteiger partial charge in [0.15, 0.2) is 0 Å². The van der Waals surface area contributed by atoms with E-state index in [1.807, 2.05) is 30.3 Å². The predicted molar refractivity (Wildman–Crippen MR) is 165 cm³/mol. The monoisotopic (exact) mass is 595 g/mol. The third kappa shape index (κ3) is 11.5. The van der Waals surface area contributed by atoms with Gasteiger partial charge in [0.25, 0.3) is 0 Å². The van der Waals surface area contributed by atoms with Crippen LogP contribution in [0, 0.1) is 0 Å². The molecule has 10 heteroatoms. The fourth-order valence-electron chi connectivity index (χ4n) is 4.26. The highest BCUT2D eigenvalue weighted by Gasteiger charge is 2.37. The lowest BCUT2D eigenvalue weighted by Gasteiger charge is -2.34. The van der Waals surface area contributed by atoms with Crippen LogP contribution in [-0.2, 0) is 30.3 Å². The Balaban J connectivity index is 2.52. The van der Waals surface area contributed by atoms with Crippen molar-refractivity contribution in [1.82, 2.24) is 15.5 Å². The molecule has 0 aliphatic rings. The highest BCUT2D eigenvalue weighted by Crippen LogP contribution is 2.25. The highest BCUT2D eigenvalue weighted by atomic mass is 16.6. The molecule has 0 spiro atoms. The van der Waals surface area contributed by atoms with Crippen molar-refractivity contribution in [2.75, 3.05) is 13.2 Å².